The molecule has 0 atom stereocenters. The van der Waals surface area contributed by atoms with Crippen molar-refractivity contribution in [3.8, 4) is 17.0 Å². The Labute approximate surface area is 164 Å². The number of aryl methyl sites for hydroxylation is 1. The highest BCUT2D eigenvalue weighted by Crippen LogP contribution is 2.29. The highest BCUT2D eigenvalue weighted by Gasteiger charge is 2.16. The summed E-state index contributed by atoms with van der Waals surface area (Å²) < 4.78 is 7.86. The van der Waals surface area contributed by atoms with E-state index in [1.54, 1.807) is 42.1 Å². The van der Waals surface area contributed by atoms with Crippen molar-refractivity contribution >= 4 is 33.3 Å². The van der Waals surface area contributed by atoms with E-state index >= 15 is 0 Å². The SMILES string of the molecule is COc1ccc2sc(-n3nc(C)cc3NC(=O)c3ccc(C#N)cc3)nc2c1. The Morgan fingerprint density at radius 2 is 2.00 bits per heavy atom. The van der Waals surface area contributed by atoms with Gasteiger partial charge in [-0.25, -0.2) is 4.98 Å². The van der Waals surface area contributed by atoms with Gasteiger partial charge in [-0.05, 0) is 43.3 Å². The number of aromatic nitrogens is 3. The van der Waals surface area contributed by atoms with E-state index in [4.69, 9.17) is 10.00 Å². The van der Waals surface area contributed by atoms with Gasteiger partial charge in [-0.2, -0.15) is 15.0 Å². The number of methoxy groups -OCH3 is 1. The van der Waals surface area contributed by atoms with Gasteiger partial charge in [0.1, 0.15) is 11.6 Å². The van der Waals surface area contributed by atoms with E-state index in [1.807, 2.05) is 31.2 Å². The first-order chi connectivity index (χ1) is 13.6. The third-order valence-corrected chi connectivity index (χ3v) is 5.13. The maximum Gasteiger partial charge on any atom is 0.256 e. The van der Waals surface area contributed by atoms with E-state index in [9.17, 15) is 4.79 Å². The van der Waals surface area contributed by atoms with Crippen LogP contribution in [0.1, 0.15) is 21.6 Å². The second-order valence-electron chi connectivity index (χ2n) is 6.06. The number of hydrogen-bond donors (Lipinski definition) is 1. The number of hydrogen-bond acceptors (Lipinski definition) is 6. The molecule has 0 aliphatic carbocycles. The first kappa shape index (κ1) is 17.7. The molecule has 0 radical (unpaired) electrons. The van der Waals surface area contributed by atoms with Gasteiger partial charge in [0.25, 0.3) is 5.91 Å². The summed E-state index contributed by atoms with van der Waals surface area (Å²) in [7, 11) is 1.61. The number of rotatable bonds is 4. The van der Waals surface area contributed by atoms with Crippen molar-refractivity contribution in [3.05, 3.63) is 65.4 Å². The highest BCUT2D eigenvalue weighted by atomic mass is 32.1. The number of ether oxygens (including phenoxy) is 1. The smallest absolute Gasteiger partial charge is 0.256 e. The topological polar surface area (TPSA) is 92.8 Å². The number of thiazole rings is 1. The van der Waals surface area contributed by atoms with Crippen LogP contribution in [-0.2, 0) is 0 Å². The van der Waals surface area contributed by atoms with Crippen molar-refractivity contribution in [3.63, 3.8) is 0 Å². The van der Waals surface area contributed by atoms with Gasteiger partial charge in [-0.1, -0.05) is 11.3 Å². The van der Waals surface area contributed by atoms with Crippen molar-refractivity contribution < 1.29 is 9.53 Å². The number of fused-ring (bicyclic) bond motifs is 1. The molecular weight excluding hydrogens is 374 g/mol. The summed E-state index contributed by atoms with van der Waals surface area (Å²) in [5.74, 6) is 0.974. The summed E-state index contributed by atoms with van der Waals surface area (Å²) in [6.07, 6.45) is 0. The van der Waals surface area contributed by atoms with Crippen LogP contribution in [0.5, 0.6) is 5.75 Å². The fourth-order valence-electron chi connectivity index (χ4n) is 2.73. The number of anilines is 1. The molecule has 0 aliphatic heterocycles. The zero-order chi connectivity index (χ0) is 19.7. The third kappa shape index (κ3) is 3.31. The van der Waals surface area contributed by atoms with Crippen LogP contribution < -0.4 is 10.1 Å². The van der Waals surface area contributed by atoms with Crippen LogP contribution in [0.2, 0.25) is 0 Å². The molecule has 28 heavy (non-hydrogen) atoms. The molecule has 0 aliphatic rings. The Hall–Kier alpha value is -3.70. The summed E-state index contributed by atoms with van der Waals surface area (Å²) in [4.78, 5) is 17.2. The lowest BCUT2D eigenvalue weighted by molar-refractivity contribution is 0.102. The van der Waals surface area contributed by atoms with E-state index < -0.39 is 0 Å². The molecule has 2 aromatic heterocycles. The van der Waals surface area contributed by atoms with Gasteiger partial charge >= 0.3 is 0 Å². The maximum atomic E-state index is 12.6. The molecule has 0 fully saturated rings. The molecule has 0 saturated heterocycles. The van der Waals surface area contributed by atoms with Crippen LogP contribution in [-0.4, -0.2) is 27.8 Å². The largest absolute Gasteiger partial charge is 0.497 e. The number of nitrogens with zero attached hydrogens (tertiary/aromatic N) is 4. The predicted octanol–water partition coefficient (Wildman–Crippen LogP) is 3.92. The van der Waals surface area contributed by atoms with Crippen molar-refractivity contribution in [1.82, 2.24) is 14.8 Å². The lowest BCUT2D eigenvalue weighted by Crippen LogP contribution is -2.15. The second kappa shape index (κ2) is 7.13. The first-order valence-corrected chi connectivity index (χ1v) is 9.22. The lowest BCUT2D eigenvalue weighted by Gasteiger charge is -2.06. The van der Waals surface area contributed by atoms with Crippen LogP contribution in [0.4, 0.5) is 5.82 Å². The number of carbonyl (C=O) groups excluding carboxylic acids is 1. The molecule has 7 nitrogen and oxygen atoms in total. The summed E-state index contributed by atoms with van der Waals surface area (Å²) in [6.45, 7) is 1.85. The van der Waals surface area contributed by atoms with E-state index in [0.717, 1.165) is 21.7 Å². The summed E-state index contributed by atoms with van der Waals surface area (Å²) in [5.41, 5.74) is 2.52. The standard InChI is InChI=1S/C20H15N5O2S/c1-12-9-18(23-19(26)14-5-3-13(11-21)4-6-14)25(24-12)20-22-16-10-15(27-2)7-8-17(16)28-20/h3-10H,1-2H3,(H,23,26). The van der Waals surface area contributed by atoms with E-state index in [1.165, 1.54) is 11.3 Å². The van der Waals surface area contributed by atoms with Gasteiger partial charge in [-0.15, -0.1) is 0 Å². The van der Waals surface area contributed by atoms with E-state index in [2.05, 4.69) is 15.4 Å². The molecular formula is C20H15N5O2S. The monoisotopic (exact) mass is 389 g/mol. The molecule has 2 aromatic carbocycles. The van der Waals surface area contributed by atoms with Gasteiger partial charge in [0.15, 0.2) is 0 Å². The average Bonchev–Trinajstić information content (AvgIpc) is 3.30. The molecule has 0 bridgehead atoms. The van der Waals surface area contributed by atoms with Crippen LogP contribution >= 0.6 is 11.3 Å². The van der Waals surface area contributed by atoms with Gasteiger partial charge < -0.3 is 10.1 Å². The molecule has 0 unspecified atom stereocenters. The summed E-state index contributed by atoms with van der Waals surface area (Å²) in [5, 5.41) is 16.9. The fraction of sp³-hybridized carbons (Fsp3) is 0.100. The van der Waals surface area contributed by atoms with Gasteiger partial charge in [0.05, 0.1) is 34.7 Å². The molecule has 1 amide bonds. The molecule has 1 N–H and O–H groups in total. The van der Waals surface area contributed by atoms with E-state index in [-0.39, 0.29) is 5.91 Å². The lowest BCUT2D eigenvalue weighted by atomic mass is 10.1. The zero-order valence-electron chi connectivity index (χ0n) is 15.1. The zero-order valence-corrected chi connectivity index (χ0v) is 15.9. The predicted molar refractivity (Wildman–Crippen MR) is 107 cm³/mol. The van der Waals surface area contributed by atoms with Crippen LogP contribution in [0, 0.1) is 18.3 Å². The average molecular weight is 389 g/mol. The van der Waals surface area contributed by atoms with E-state index in [0.29, 0.717) is 22.1 Å². The Morgan fingerprint density at radius 1 is 1.21 bits per heavy atom. The Balaban J connectivity index is 1.66. The number of carbonyl (C=O) groups is 1. The third-order valence-electron chi connectivity index (χ3n) is 4.11. The normalized spacial score (nSPS) is 10.6. The van der Waals surface area contributed by atoms with Crippen molar-refractivity contribution in [1.29, 1.82) is 5.26 Å². The summed E-state index contributed by atoms with van der Waals surface area (Å²) in [6, 6.07) is 16.0. The first-order valence-electron chi connectivity index (χ1n) is 8.40. The van der Waals surface area contributed by atoms with Crippen LogP contribution in [0.15, 0.2) is 48.5 Å². The summed E-state index contributed by atoms with van der Waals surface area (Å²) >= 11 is 1.47. The van der Waals surface area contributed by atoms with Crippen LogP contribution in [0.25, 0.3) is 15.3 Å². The minimum atomic E-state index is -0.284. The van der Waals surface area contributed by atoms with Gasteiger partial charge in [-0.3, -0.25) is 4.79 Å². The minimum Gasteiger partial charge on any atom is -0.497 e. The molecule has 4 aromatic rings. The maximum absolute atomic E-state index is 12.6. The molecule has 0 spiro atoms. The van der Waals surface area contributed by atoms with Crippen molar-refractivity contribution in [2.75, 3.05) is 12.4 Å². The van der Waals surface area contributed by atoms with Crippen LogP contribution in [0.3, 0.4) is 0 Å². The Kier molecular flexibility index (Phi) is 4.51. The second-order valence-corrected chi connectivity index (χ2v) is 7.07. The Bertz CT molecular complexity index is 1220. The minimum absolute atomic E-state index is 0.284. The molecule has 4 rings (SSSR count). The number of nitrogens with one attached hydrogen (secondary N) is 1. The fourth-order valence-corrected chi connectivity index (χ4v) is 3.64. The number of benzene rings is 2. The quantitative estimate of drug-likeness (QED) is 0.571. The molecule has 8 heteroatoms. The van der Waals surface area contributed by atoms with Gasteiger partial charge in [0, 0.05) is 17.7 Å². The Morgan fingerprint density at radius 3 is 2.71 bits per heavy atom. The molecule has 2 heterocycles. The van der Waals surface area contributed by atoms with Crippen molar-refractivity contribution in [2.24, 2.45) is 0 Å². The van der Waals surface area contributed by atoms with Gasteiger partial charge in [0.2, 0.25) is 5.13 Å². The molecule has 0 saturated carbocycles. The van der Waals surface area contributed by atoms with Crippen molar-refractivity contribution in [2.45, 2.75) is 6.92 Å². The highest BCUT2D eigenvalue weighted by molar-refractivity contribution is 7.20. The number of amides is 1. The molecule has 138 valence electrons. The number of nitriles is 1.